The number of anilines is 1. The molecule has 1 aliphatic carbocycles. The van der Waals surface area contributed by atoms with Gasteiger partial charge in [-0.3, -0.25) is 0 Å². The summed E-state index contributed by atoms with van der Waals surface area (Å²) in [6.07, 6.45) is 2.48. The van der Waals surface area contributed by atoms with Gasteiger partial charge in [0.2, 0.25) is 0 Å². The molecule has 0 unspecified atom stereocenters. The van der Waals surface area contributed by atoms with Crippen LogP contribution in [-0.2, 0) is 24.4 Å². The summed E-state index contributed by atoms with van der Waals surface area (Å²) in [4.78, 5) is 14.1. The zero-order chi connectivity index (χ0) is 17.2. The summed E-state index contributed by atoms with van der Waals surface area (Å²) in [5.41, 5.74) is 1.83. The van der Waals surface area contributed by atoms with Crippen LogP contribution in [0.5, 0.6) is 0 Å². The number of nitrogens with zero attached hydrogens (tertiary/aromatic N) is 4. The number of amides is 2. The summed E-state index contributed by atoms with van der Waals surface area (Å²) < 4.78 is 21.2. The van der Waals surface area contributed by atoms with Crippen LogP contribution in [0.1, 0.15) is 24.2 Å². The zero-order valence-corrected chi connectivity index (χ0v) is 13.8. The summed E-state index contributed by atoms with van der Waals surface area (Å²) in [7, 11) is 0. The Morgan fingerprint density at radius 1 is 1.32 bits per heavy atom. The highest BCUT2D eigenvalue weighted by molar-refractivity contribution is 5.89. The smallest absolute Gasteiger partial charge is 0.322 e. The van der Waals surface area contributed by atoms with Gasteiger partial charge in [0.25, 0.3) is 0 Å². The average molecular weight is 345 g/mol. The Hall–Kier alpha value is -2.48. The molecule has 1 aliphatic heterocycles. The summed E-state index contributed by atoms with van der Waals surface area (Å²) in [5, 5.41) is 10.9. The summed E-state index contributed by atoms with van der Waals surface area (Å²) in [6, 6.07) is 5.80. The summed E-state index contributed by atoms with van der Waals surface area (Å²) in [6.45, 7) is 2.61. The standard InChI is InChI=1S/C17H20FN5O2/c18-13-3-1-2-4-14(13)19-17(24)22-7-8-23-16(9-22)15(20-21-23)11-25-10-12-5-6-12/h1-4,12H,5-11H2,(H,19,24). The van der Waals surface area contributed by atoms with Crippen LogP contribution in [0.25, 0.3) is 0 Å². The first kappa shape index (κ1) is 16.0. The predicted molar refractivity (Wildman–Crippen MR) is 88.2 cm³/mol. The molecule has 7 nitrogen and oxygen atoms in total. The number of urea groups is 1. The molecule has 1 aromatic heterocycles. The third kappa shape index (κ3) is 3.63. The van der Waals surface area contributed by atoms with E-state index in [1.165, 1.54) is 18.9 Å². The third-order valence-electron chi connectivity index (χ3n) is 4.53. The van der Waals surface area contributed by atoms with Crippen LogP contribution in [0, 0.1) is 11.7 Å². The Labute approximate surface area is 144 Å². The van der Waals surface area contributed by atoms with Gasteiger partial charge < -0.3 is 15.0 Å². The molecule has 0 saturated heterocycles. The van der Waals surface area contributed by atoms with Crippen molar-refractivity contribution in [2.75, 3.05) is 18.5 Å². The van der Waals surface area contributed by atoms with Gasteiger partial charge in [-0.2, -0.15) is 0 Å². The molecule has 1 N–H and O–H groups in total. The molecule has 0 bridgehead atoms. The second kappa shape index (κ2) is 6.79. The van der Waals surface area contributed by atoms with Gasteiger partial charge in [-0.1, -0.05) is 17.3 Å². The fourth-order valence-corrected chi connectivity index (χ4v) is 2.85. The van der Waals surface area contributed by atoms with E-state index < -0.39 is 5.82 Å². The van der Waals surface area contributed by atoms with Crippen molar-refractivity contribution in [1.29, 1.82) is 0 Å². The number of hydrogen-bond acceptors (Lipinski definition) is 4. The summed E-state index contributed by atoms with van der Waals surface area (Å²) in [5.74, 6) is 0.239. The lowest BCUT2D eigenvalue weighted by atomic mass is 10.2. The van der Waals surface area contributed by atoms with Crippen molar-refractivity contribution >= 4 is 11.7 Å². The number of fused-ring (bicyclic) bond motifs is 1. The molecular formula is C17H20FN5O2. The number of carbonyl (C=O) groups excluding carboxylic acids is 1. The quantitative estimate of drug-likeness (QED) is 0.903. The molecule has 2 amide bonds. The minimum absolute atomic E-state index is 0.178. The molecule has 1 aromatic carbocycles. The van der Waals surface area contributed by atoms with E-state index in [4.69, 9.17) is 4.74 Å². The van der Waals surface area contributed by atoms with Gasteiger partial charge in [-0.15, -0.1) is 5.10 Å². The van der Waals surface area contributed by atoms with E-state index in [9.17, 15) is 9.18 Å². The number of benzene rings is 1. The van der Waals surface area contributed by atoms with Crippen molar-refractivity contribution in [3.63, 3.8) is 0 Å². The first-order valence-corrected chi connectivity index (χ1v) is 8.50. The van der Waals surface area contributed by atoms with Crippen molar-refractivity contribution in [1.82, 2.24) is 19.9 Å². The van der Waals surface area contributed by atoms with E-state index in [-0.39, 0.29) is 11.7 Å². The molecule has 2 aromatic rings. The van der Waals surface area contributed by atoms with Crippen molar-refractivity contribution in [2.45, 2.75) is 32.5 Å². The minimum atomic E-state index is -0.450. The van der Waals surface area contributed by atoms with Crippen LogP contribution in [0.4, 0.5) is 14.9 Å². The fourth-order valence-electron chi connectivity index (χ4n) is 2.85. The van der Waals surface area contributed by atoms with Gasteiger partial charge >= 0.3 is 6.03 Å². The van der Waals surface area contributed by atoms with Crippen molar-refractivity contribution in [2.24, 2.45) is 5.92 Å². The molecule has 25 heavy (non-hydrogen) atoms. The minimum Gasteiger partial charge on any atom is -0.375 e. The Balaban J connectivity index is 1.40. The van der Waals surface area contributed by atoms with Crippen LogP contribution < -0.4 is 5.32 Å². The topological polar surface area (TPSA) is 72.3 Å². The molecular weight excluding hydrogens is 325 g/mol. The normalized spacial score (nSPS) is 16.6. The molecule has 0 spiro atoms. The van der Waals surface area contributed by atoms with Gasteiger partial charge in [-0.05, 0) is 30.9 Å². The van der Waals surface area contributed by atoms with E-state index in [1.54, 1.807) is 23.1 Å². The van der Waals surface area contributed by atoms with E-state index >= 15 is 0 Å². The maximum atomic E-state index is 13.7. The van der Waals surface area contributed by atoms with E-state index in [1.807, 2.05) is 4.68 Å². The van der Waals surface area contributed by atoms with Crippen molar-refractivity contribution in [3.8, 4) is 0 Å². The molecule has 2 heterocycles. The first-order valence-electron chi connectivity index (χ1n) is 8.50. The first-order chi connectivity index (χ1) is 12.2. The maximum absolute atomic E-state index is 13.7. The highest BCUT2D eigenvalue weighted by atomic mass is 19.1. The predicted octanol–water partition coefficient (Wildman–Crippen LogP) is 2.39. The van der Waals surface area contributed by atoms with Crippen LogP contribution >= 0.6 is 0 Å². The third-order valence-corrected chi connectivity index (χ3v) is 4.53. The monoisotopic (exact) mass is 345 g/mol. The second-order valence-electron chi connectivity index (χ2n) is 6.50. The molecule has 0 radical (unpaired) electrons. The van der Waals surface area contributed by atoms with Gasteiger partial charge in [-0.25, -0.2) is 13.9 Å². The molecule has 1 saturated carbocycles. The lowest BCUT2D eigenvalue weighted by molar-refractivity contribution is 0.107. The SMILES string of the molecule is O=C(Nc1ccccc1F)N1CCn2nnc(COCC3CC3)c2C1. The summed E-state index contributed by atoms with van der Waals surface area (Å²) >= 11 is 0. The van der Waals surface area contributed by atoms with Gasteiger partial charge in [0.15, 0.2) is 0 Å². The number of carbonyl (C=O) groups is 1. The number of ether oxygens (including phenoxy) is 1. The number of halogens is 1. The van der Waals surface area contributed by atoms with Gasteiger partial charge in [0.1, 0.15) is 11.5 Å². The highest BCUT2D eigenvalue weighted by Gasteiger charge is 2.26. The van der Waals surface area contributed by atoms with Crippen molar-refractivity contribution in [3.05, 3.63) is 41.5 Å². The van der Waals surface area contributed by atoms with Crippen molar-refractivity contribution < 1.29 is 13.9 Å². The molecule has 1 fully saturated rings. The Bertz CT molecular complexity index is 774. The lowest BCUT2D eigenvalue weighted by Gasteiger charge is -2.28. The molecule has 132 valence electrons. The van der Waals surface area contributed by atoms with E-state index in [2.05, 4.69) is 15.6 Å². The largest absolute Gasteiger partial charge is 0.375 e. The Morgan fingerprint density at radius 3 is 2.96 bits per heavy atom. The van der Waals surface area contributed by atoms with Crippen LogP contribution in [-0.4, -0.2) is 39.1 Å². The molecule has 2 aliphatic rings. The second-order valence-corrected chi connectivity index (χ2v) is 6.50. The van der Waals surface area contributed by atoms with Crippen LogP contribution in [0.3, 0.4) is 0 Å². The van der Waals surface area contributed by atoms with E-state index in [0.29, 0.717) is 32.2 Å². The average Bonchev–Trinajstić information content (AvgIpc) is 3.36. The number of hydrogen-bond donors (Lipinski definition) is 1. The fraction of sp³-hybridized carbons (Fsp3) is 0.471. The van der Waals surface area contributed by atoms with Gasteiger partial charge in [0.05, 0.1) is 31.1 Å². The number of rotatable bonds is 5. The zero-order valence-electron chi connectivity index (χ0n) is 13.8. The van der Waals surface area contributed by atoms with E-state index in [0.717, 1.165) is 18.0 Å². The Kier molecular flexibility index (Phi) is 4.35. The van der Waals surface area contributed by atoms with Crippen LogP contribution in [0.15, 0.2) is 24.3 Å². The maximum Gasteiger partial charge on any atom is 0.322 e. The molecule has 4 rings (SSSR count). The van der Waals surface area contributed by atoms with Gasteiger partial charge in [0, 0.05) is 13.2 Å². The lowest BCUT2D eigenvalue weighted by Crippen LogP contribution is -2.41. The number of aromatic nitrogens is 3. The molecule has 0 atom stereocenters. The van der Waals surface area contributed by atoms with Crippen LogP contribution in [0.2, 0.25) is 0 Å². The number of nitrogens with one attached hydrogen (secondary N) is 1. The number of para-hydroxylation sites is 1. The Morgan fingerprint density at radius 2 is 2.16 bits per heavy atom. The highest BCUT2D eigenvalue weighted by Crippen LogP contribution is 2.29. The molecule has 8 heteroatoms.